The molecule has 0 aromatic heterocycles. The molecule has 174 valence electrons. The van der Waals surface area contributed by atoms with Crippen LogP contribution >= 0.6 is 0 Å². The fraction of sp³-hybridized carbons (Fsp3) is 0.423. The van der Waals surface area contributed by atoms with Crippen molar-refractivity contribution in [3.05, 3.63) is 59.7 Å². The van der Waals surface area contributed by atoms with Crippen LogP contribution in [0.3, 0.4) is 0 Å². The highest BCUT2D eigenvalue weighted by molar-refractivity contribution is 5.89. The number of rotatable bonds is 10. The van der Waals surface area contributed by atoms with Gasteiger partial charge in [-0.2, -0.15) is 0 Å². The van der Waals surface area contributed by atoms with Crippen LogP contribution in [0.15, 0.2) is 48.5 Å². The van der Waals surface area contributed by atoms with Crippen molar-refractivity contribution in [1.29, 1.82) is 0 Å². The normalized spacial score (nSPS) is 16.3. The summed E-state index contributed by atoms with van der Waals surface area (Å²) in [5, 5.41) is 14.6. The number of ether oxygens (including phenoxy) is 1. The highest BCUT2D eigenvalue weighted by Crippen LogP contribution is 2.44. The Bertz CT molecular complexity index is 1000. The molecule has 2 aromatic carbocycles. The fourth-order valence-corrected chi connectivity index (χ4v) is 4.44. The monoisotopic (exact) mass is 450 g/mol. The fourth-order valence-electron chi connectivity index (χ4n) is 4.44. The van der Waals surface area contributed by atoms with Crippen molar-refractivity contribution in [3.8, 4) is 11.1 Å². The maximum absolute atomic E-state index is 12.2. The van der Waals surface area contributed by atoms with Gasteiger partial charge in [-0.15, -0.1) is 0 Å². The number of aliphatic carboxylic acids is 1. The Morgan fingerprint density at radius 2 is 1.64 bits per heavy atom. The average molecular weight is 451 g/mol. The molecule has 4 rings (SSSR count). The molecule has 0 radical (unpaired) electrons. The van der Waals surface area contributed by atoms with Gasteiger partial charge in [0.25, 0.3) is 0 Å². The summed E-state index contributed by atoms with van der Waals surface area (Å²) >= 11 is 0. The number of fused-ring (bicyclic) bond motifs is 3. The summed E-state index contributed by atoms with van der Waals surface area (Å²) < 4.78 is 5.53. The average Bonchev–Trinajstić information content (AvgIpc) is 3.52. The predicted octanol–water partition coefficient (Wildman–Crippen LogP) is 4.06. The second-order valence-corrected chi connectivity index (χ2v) is 9.12. The number of carboxylic acid groups (broad SMARTS) is 1. The lowest BCUT2D eigenvalue weighted by Gasteiger charge is -2.16. The van der Waals surface area contributed by atoms with E-state index in [2.05, 4.69) is 34.9 Å². The van der Waals surface area contributed by atoms with Gasteiger partial charge in [0.15, 0.2) is 0 Å². The van der Waals surface area contributed by atoms with Crippen LogP contribution in [0.1, 0.15) is 56.1 Å². The molecule has 0 spiro atoms. The number of hydrogen-bond donors (Lipinski definition) is 3. The Kier molecular flexibility index (Phi) is 6.67. The largest absolute Gasteiger partial charge is 0.480 e. The van der Waals surface area contributed by atoms with E-state index in [1.807, 2.05) is 31.2 Å². The molecule has 2 aromatic rings. The third-order valence-electron chi connectivity index (χ3n) is 6.65. The summed E-state index contributed by atoms with van der Waals surface area (Å²) in [6.45, 7) is 2.75. The first kappa shape index (κ1) is 22.8. The Morgan fingerprint density at radius 1 is 1.03 bits per heavy atom. The molecule has 2 aliphatic rings. The Balaban J connectivity index is 1.17. The van der Waals surface area contributed by atoms with Crippen LogP contribution in [0, 0.1) is 5.92 Å². The molecule has 0 heterocycles. The molecule has 7 heteroatoms. The first-order valence-electron chi connectivity index (χ1n) is 11.5. The number of carbonyl (C=O) groups is 3. The van der Waals surface area contributed by atoms with Crippen molar-refractivity contribution in [2.45, 2.75) is 50.5 Å². The lowest BCUT2D eigenvalue weighted by atomic mass is 9.98. The Hall–Kier alpha value is -3.35. The van der Waals surface area contributed by atoms with Gasteiger partial charge in [0.05, 0.1) is 0 Å². The molecule has 2 amide bonds. The highest BCUT2D eigenvalue weighted by Gasteiger charge is 2.51. The van der Waals surface area contributed by atoms with Gasteiger partial charge in [-0.25, -0.2) is 9.59 Å². The number of hydrogen-bond acceptors (Lipinski definition) is 4. The number of alkyl carbamates (subject to hydrolysis) is 1. The Labute approximate surface area is 193 Å². The molecule has 1 fully saturated rings. The molecule has 1 atom stereocenters. The first-order chi connectivity index (χ1) is 15.9. The number of nitrogens with one attached hydrogen (secondary N) is 2. The zero-order valence-electron chi connectivity index (χ0n) is 18.8. The smallest absolute Gasteiger partial charge is 0.407 e. The summed E-state index contributed by atoms with van der Waals surface area (Å²) in [7, 11) is 0. The molecule has 1 saturated carbocycles. The topological polar surface area (TPSA) is 105 Å². The molecule has 33 heavy (non-hydrogen) atoms. The second kappa shape index (κ2) is 9.65. The predicted molar refractivity (Wildman–Crippen MR) is 124 cm³/mol. The second-order valence-electron chi connectivity index (χ2n) is 9.12. The summed E-state index contributed by atoms with van der Waals surface area (Å²) in [5.74, 6) is -0.951. The zero-order chi connectivity index (χ0) is 23.4. The van der Waals surface area contributed by atoms with E-state index in [0.717, 1.165) is 0 Å². The number of amides is 2. The lowest BCUT2D eigenvalue weighted by molar-refractivity contribution is -0.143. The van der Waals surface area contributed by atoms with Gasteiger partial charge >= 0.3 is 12.1 Å². The minimum absolute atomic E-state index is 0.0288. The SMILES string of the molecule is CC(CCNC(=O)OCC1c2ccccc2-c2ccccc21)CCC(=O)NC1(C(=O)O)CC1. The number of carboxylic acids is 1. The number of carbonyl (C=O) groups excluding carboxylic acids is 2. The minimum atomic E-state index is -1.04. The maximum atomic E-state index is 12.2. The summed E-state index contributed by atoms with van der Waals surface area (Å²) in [6.07, 6.45) is 2.16. The van der Waals surface area contributed by atoms with Crippen LogP contribution in [0.2, 0.25) is 0 Å². The maximum Gasteiger partial charge on any atom is 0.407 e. The zero-order valence-corrected chi connectivity index (χ0v) is 18.8. The Morgan fingerprint density at radius 3 is 2.21 bits per heavy atom. The van der Waals surface area contributed by atoms with E-state index in [1.165, 1.54) is 22.3 Å². The van der Waals surface area contributed by atoms with E-state index in [4.69, 9.17) is 9.84 Å². The third kappa shape index (κ3) is 5.18. The minimum Gasteiger partial charge on any atom is -0.480 e. The molecular weight excluding hydrogens is 420 g/mol. The van der Waals surface area contributed by atoms with Gasteiger partial charge in [0.1, 0.15) is 12.1 Å². The van der Waals surface area contributed by atoms with Crippen LogP contribution < -0.4 is 10.6 Å². The lowest BCUT2D eigenvalue weighted by Crippen LogP contribution is -2.43. The van der Waals surface area contributed by atoms with E-state index in [0.29, 0.717) is 32.2 Å². The molecule has 1 unspecified atom stereocenters. The van der Waals surface area contributed by atoms with E-state index in [9.17, 15) is 14.4 Å². The van der Waals surface area contributed by atoms with Crippen molar-refractivity contribution in [1.82, 2.24) is 10.6 Å². The molecule has 0 aliphatic heterocycles. The van der Waals surface area contributed by atoms with E-state index >= 15 is 0 Å². The van der Waals surface area contributed by atoms with Crippen molar-refractivity contribution in [2.24, 2.45) is 5.92 Å². The highest BCUT2D eigenvalue weighted by atomic mass is 16.5. The number of benzene rings is 2. The van der Waals surface area contributed by atoms with Crippen LogP contribution in [0.5, 0.6) is 0 Å². The molecule has 7 nitrogen and oxygen atoms in total. The van der Waals surface area contributed by atoms with E-state index in [1.54, 1.807) is 0 Å². The van der Waals surface area contributed by atoms with Gasteiger partial charge in [-0.1, -0.05) is 55.5 Å². The quantitative estimate of drug-likeness (QED) is 0.506. The van der Waals surface area contributed by atoms with Crippen LogP contribution in [0.25, 0.3) is 11.1 Å². The molecule has 2 aliphatic carbocycles. The first-order valence-corrected chi connectivity index (χ1v) is 11.5. The van der Waals surface area contributed by atoms with E-state index < -0.39 is 17.6 Å². The molecule has 0 saturated heterocycles. The van der Waals surface area contributed by atoms with Gasteiger partial charge in [-0.05, 0) is 53.9 Å². The van der Waals surface area contributed by atoms with Gasteiger partial charge in [0.2, 0.25) is 5.91 Å². The molecule has 0 bridgehead atoms. The summed E-state index contributed by atoms with van der Waals surface area (Å²) in [4.78, 5) is 35.4. The van der Waals surface area contributed by atoms with Crippen molar-refractivity contribution in [2.75, 3.05) is 13.2 Å². The van der Waals surface area contributed by atoms with Crippen LogP contribution in [-0.4, -0.2) is 41.8 Å². The standard InChI is InChI=1S/C26H30N2O5/c1-17(10-11-23(29)28-26(13-14-26)24(30)31)12-15-27-25(32)33-16-22-20-8-4-2-6-18(20)19-7-3-5-9-21(19)22/h2-9,17,22H,10-16H2,1H3,(H,27,32)(H,28,29)(H,30,31). The van der Waals surface area contributed by atoms with E-state index in [-0.39, 0.29) is 30.8 Å². The molecular formula is C26H30N2O5. The van der Waals surface area contributed by atoms with Gasteiger partial charge in [-0.3, -0.25) is 4.79 Å². The molecule has 3 N–H and O–H groups in total. The van der Waals surface area contributed by atoms with Crippen LogP contribution in [-0.2, 0) is 14.3 Å². The van der Waals surface area contributed by atoms with Gasteiger partial charge in [0, 0.05) is 18.9 Å². The van der Waals surface area contributed by atoms with Crippen molar-refractivity contribution >= 4 is 18.0 Å². The summed E-state index contributed by atoms with van der Waals surface area (Å²) in [5.41, 5.74) is 3.70. The van der Waals surface area contributed by atoms with Crippen LogP contribution in [0.4, 0.5) is 4.79 Å². The third-order valence-corrected chi connectivity index (χ3v) is 6.65. The van der Waals surface area contributed by atoms with Crippen molar-refractivity contribution in [3.63, 3.8) is 0 Å². The van der Waals surface area contributed by atoms with Gasteiger partial charge < -0.3 is 20.5 Å². The summed E-state index contributed by atoms with van der Waals surface area (Å²) in [6, 6.07) is 16.4. The van der Waals surface area contributed by atoms with Crippen molar-refractivity contribution < 1.29 is 24.2 Å².